The lowest BCUT2D eigenvalue weighted by Crippen LogP contribution is -2.49. The van der Waals surface area contributed by atoms with Crippen molar-refractivity contribution in [1.29, 1.82) is 0 Å². The first-order valence-corrected chi connectivity index (χ1v) is 8.09. The number of piperazine rings is 1. The lowest BCUT2D eigenvalue weighted by Gasteiger charge is -2.33. The second kappa shape index (κ2) is 8.86. The molecule has 1 fully saturated rings. The molecule has 0 atom stereocenters. The van der Waals surface area contributed by atoms with Gasteiger partial charge in [-0.3, -0.25) is 4.90 Å². The standard InChI is InChI=1S/C16H23ClN2O3/c1-2-7-18-8-10-19(11-9-18)16(20)22-13-12-21-15-5-3-14(17)4-6-15/h3-6H,2,7-13H2,1H3. The van der Waals surface area contributed by atoms with Crippen LogP contribution in [0.4, 0.5) is 4.79 Å². The van der Waals surface area contributed by atoms with Crippen LogP contribution in [0, 0.1) is 0 Å². The van der Waals surface area contributed by atoms with E-state index in [1.54, 1.807) is 29.2 Å². The molecule has 1 aromatic carbocycles. The molecule has 1 aliphatic rings. The number of nitrogens with zero attached hydrogens (tertiary/aromatic N) is 2. The maximum Gasteiger partial charge on any atom is 0.409 e. The van der Waals surface area contributed by atoms with Crippen molar-refractivity contribution in [3.8, 4) is 5.75 Å². The van der Waals surface area contributed by atoms with Crippen LogP contribution >= 0.6 is 11.6 Å². The average Bonchev–Trinajstić information content (AvgIpc) is 2.54. The summed E-state index contributed by atoms with van der Waals surface area (Å²) < 4.78 is 10.7. The maximum atomic E-state index is 11.9. The number of hydrogen-bond acceptors (Lipinski definition) is 4. The van der Waals surface area contributed by atoms with E-state index >= 15 is 0 Å². The first-order valence-electron chi connectivity index (χ1n) is 7.71. The summed E-state index contributed by atoms with van der Waals surface area (Å²) in [6, 6.07) is 7.10. The molecule has 6 heteroatoms. The molecule has 1 amide bonds. The van der Waals surface area contributed by atoms with Crippen molar-refractivity contribution in [2.45, 2.75) is 13.3 Å². The SMILES string of the molecule is CCCN1CCN(C(=O)OCCOc2ccc(Cl)cc2)CC1. The fourth-order valence-electron chi connectivity index (χ4n) is 2.38. The van der Waals surface area contributed by atoms with Crippen LogP contribution in [-0.4, -0.2) is 61.8 Å². The fourth-order valence-corrected chi connectivity index (χ4v) is 2.51. The molecule has 1 aromatic rings. The Morgan fingerprint density at radius 3 is 2.45 bits per heavy atom. The number of amides is 1. The van der Waals surface area contributed by atoms with Crippen LogP contribution in [-0.2, 0) is 4.74 Å². The van der Waals surface area contributed by atoms with Gasteiger partial charge in [0.05, 0.1) is 0 Å². The van der Waals surface area contributed by atoms with Gasteiger partial charge in [-0.05, 0) is 37.2 Å². The van der Waals surface area contributed by atoms with Crippen LogP contribution in [0.25, 0.3) is 0 Å². The first kappa shape index (κ1) is 16.9. The number of carbonyl (C=O) groups is 1. The van der Waals surface area contributed by atoms with Gasteiger partial charge in [0.15, 0.2) is 0 Å². The Morgan fingerprint density at radius 1 is 1.14 bits per heavy atom. The zero-order valence-electron chi connectivity index (χ0n) is 13.0. The highest BCUT2D eigenvalue weighted by Gasteiger charge is 2.21. The highest BCUT2D eigenvalue weighted by molar-refractivity contribution is 6.30. The van der Waals surface area contributed by atoms with Gasteiger partial charge in [-0.2, -0.15) is 0 Å². The van der Waals surface area contributed by atoms with Gasteiger partial charge in [-0.15, -0.1) is 0 Å². The minimum absolute atomic E-state index is 0.247. The zero-order chi connectivity index (χ0) is 15.8. The lowest BCUT2D eigenvalue weighted by molar-refractivity contribution is 0.0671. The minimum atomic E-state index is -0.254. The molecule has 0 bridgehead atoms. The average molecular weight is 327 g/mol. The van der Waals surface area contributed by atoms with E-state index in [-0.39, 0.29) is 12.7 Å². The normalized spacial score (nSPS) is 15.6. The molecule has 0 unspecified atom stereocenters. The molecule has 22 heavy (non-hydrogen) atoms. The predicted molar refractivity (Wildman–Crippen MR) is 86.6 cm³/mol. The van der Waals surface area contributed by atoms with E-state index in [1.807, 2.05) is 0 Å². The Bertz CT molecular complexity index is 459. The van der Waals surface area contributed by atoms with Gasteiger partial charge in [0.25, 0.3) is 0 Å². The summed E-state index contributed by atoms with van der Waals surface area (Å²) in [5, 5.41) is 0.668. The fraction of sp³-hybridized carbons (Fsp3) is 0.562. The molecule has 0 radical (unpaired) electrons. The van der Waals surface area contributed by atoms with Crippen LogP contribution < -0.4 is 4.74 Å². The van der Waals surface area contributed by atoms with Crippen LogP contribution in [0.1, 0.15) is 13.3 Å². The van der Waals surface area contributed by atoms with E-state index in [2.05, 4.69) is 11.8 Å². The van der Waals surface area contributed by atoms with Crippen molar-refractivity contribution in [2.75, 3.05) is 45.9 Å². The second-order valence-electron chi connectivity index (χ2n) is 5.25. The van der Waals surface area contributed by atoms with Gasteiger partial charge in [-0.1, -0.05) is 18.5 Å². The summed E-state index contributed by atoms with van der Waals surface area (Å²) in [4.78, 5) is 16.1. The Kier molecular flexibility index (Phi) is 6.80. The molecule has 0 N–H and O–H groups in total. The topological polar surface area (TPSA) is 42.0 Å². The molecule has 1 saturated heterocycles. The van der Waals surface area contributed by atoms with Crippen molar-refractivity contribution in [2.24, 2.45) is 0 Å². The summed E-state index contributed by atoms with van der Waals surface area (Å²) in [6.07, 6.45) is 0.891. The Morgan fingerprint density at radius 2 is 1.82 bits per heavy atom. The Labute approximate surface area is 136 Å². The minimum Gasteiger partial charge on any atom is -0.490 e. The summed E-state index contributed by atoms with van der Waals surface area (Å²) in [5.74, 6) is 0.716. The monoisotopic (exact) mass is 326 g/mol. The number of ether oxygens (including phenoxy) is 2. The molecule has 0 spiro atoms. The highest BCUT2D eigenvalue weighted by Crippen LogP contribution is 2.15. The largest absolute Gasteiger partial charge is 0.490 e. The summed E-state index contributed by atoms with van der Waals surface area (Å²) >= 11 is 5.80. The smallest absolute Gasteiger partial charge is 0.409 e. The third kappa shape index (κ3) is 5.39. The molecular formula is C16H23ClN2O3. The van der Waals surface area contributed by atoms with Crippen LogP contribution in [0.5, 0.6) is 5.75 Å². The van der Waals surface area contributed by atoms with E-state index in [0.717, 1.165) is 39.1 Å². The van der Waals surface area contributed by atoms with Crippen LogP contribution in [0.3, 0.4) is 0 Å². The van der Waals surface area contributed by atoms with E-state index in [0.29, 0.717) is 17.4 Å². The number of benzene rings is 1. The first-order chi connectivity index (χ1) is 10.7. The molecule has 0 saturated carbocycles. The van der Waals surface area contributed by atoms with Crippen molar-refractivity contribution in [1.82, 2.24) is 9.80 Å². The number of carbonyl (C=O) groups excluding carboxylic acids is 1. The summed E-state index contributed by atoms with van der Waals surface area (Å²) in [5.41, 5.74) is 0. The number of hydrogen-bond donors (Lipinski definition) is 0. The number of halogens is 1. The summed E-state index contributed by atoms with van der Waals surface area (Å²) in [6.45, 7) is 7.15. The van der Waals surface area contributed by atoms with Gasteiger partial charge in [0.1, 0.15) is 19.0 Å². The van der Waals surface area contributed by atoms with Gasteiger partial charge in [0.2, 0.25) is 0 Å². The third-order valence-corrected chi connectivity index (χ3v) is 3.81. The zero-order valence-corrected chi connectivity index (χ0v) is 13.7. The van der Waals surface area contributed by atoms with E-state index in [1.165, 1.54) is 0 Å². The van der Waals surface area contributed by atoms with Gasteiger partial charge in [-0.25, -0.2) is 4.79 Å². The van der Waals surface area contributed by atoms with Crippen LogP contribution in [0.2, 0.25) is 5.02 Å². The molecule has 0 aliphatic carbocycles. The second-order valence-corrected chi connectivity index (χ2v) is 5.68. The Hall–Kier alpha value is -1.46. The van der Waals surface area contributed by atoms with Crippen molar-refractivity contribution < 1.29 is 14.3 Å². The lowest BCUT2D eigenvalue weighted by atomic mass is 10.3. The van der Waals surface area contributed by atoms with E-state index < -0.39 is 0 Å². The molecular weight excluding hydrogens is 304 g/mol. The Balaban J connectivity index is 1.61. The van der Waals surface area contributed by atoms with E-state index in [4.69, 9.17) is 21.1 Å². The maximum absolute atomic E-state index is 11.9. The molecule has 2 rings (SSSR count). The number of rotatable bonds is 6. The van der Waals surface area contributed by atoms with Crippen LogP contribution in [0.15, 0.2) is 24.3 Å². The van der Waals surface area contributed by atoms with Gasteiger partial charge < -0.3 is 14.4 Å². The van der Waals surface area contributed by atoms with Crippen molar-refractivity contribution in [3.05, 3.63) is 29.3 Å². The quantitative estimate of drug-likeness (QED) is 0.754. The molecule has 0 aromatic heterocycles. The molecule has 1 aliphatic heterocycles. The van der Waals surface area contributed by atoms with E-state index in [9.17, 15) is 4.79 Å². The van der Waals surface area contributed by atoms with Gasteiger partial charge >= 0.3 is 6.09 Å². The third-order valence-electron chi connectivity index (χ3n) is 3.56. The summed E-state index contributed by atoms with van der Waals surface area (Å²) in [7, 11) is 0. The molecule has 122 valence electrons. The van der Waals surface area contributed by atoms with Gasteiger partial charge in [0, 0.05) is 31.2 Å². The van der Waals surface area contributed by atoms with Crippen molar-refractivity contribution in [3.63, 3.8) is 0 Å². The highest BCUT2D eigenvalue weighted by atomic mass is 35.5. The molecule has 5 nitrogen and oxygen atoms in total. The molecule has 1 heterocycles. The predicted octanol–water partition coefficient (Wildman–Crippen LogP) is 2.88. The van der Waals surface area contributed by atoms with Crippen molar-refractivity contribution >= 4 is 17.7 Å².